The smallest absolute Gasteiger partial charge is 0.0991 e. The molecule has 2 atom stereocenters. The Morgan fingerprint density at radius 2 is 2.06 bits per heavy atom. The Labute approximate surface area is 202 Å². The van der Waals surface area contributed by atoms with E-state index in [2.05, 4.69) is 59.4 Å². The summed E-state index contributed by atoms with van der Waals surface area (Å²) in [6.07, 6.45) is 3.47. The lowest BCUT2D eigenvalue weighted by atomic mass is 9.73. The molecule has 2 heterocycles. The van der Waals surface area contributed by atoms with Gasteiger partial charge in [-0.3, -0.25) is 4.90 Å². The Bertz CT molecular complexity index is 1010. The molecule has 1 aliphatic heterocycles. The van der Waals surface area contributed by atoms with E-state index in [1.54, 1.807) is 11.3 Å². The molecular formula is C27H33N5S. The van der Waals surface area contributed by atoms with Crippen molar-refractivity contribution in [1.82, 2.24) is 9.80 Å². The molecule has 2 aromatic rings. The van der Waals surface area contributed by atoms with Crippen molar-refractivity contribution in [2.45, 2.75) is 57.5 Å². The number of nitriles is 3. The highest BCUT2D eigenvalue weighted by Gasteiger charge is 2.37. The standard InChI is InChI=1S/C27H33N5S/c1-22(2)27(21-30,26-9-4-16-33-26)11-5-13-31-15-10-25(20-31)32(14-6-12-28)19-24-8-3-7-23(17-24)18-29/h3-4,7-9,16-17,22,25H,5-6,10-11,13-15,19-20H2,1-2H3. The summed E-state index contributed by atoms with van der Waals surface area (Å²) in [6, 6.07) is 19.5. The Hall–Kier alpha value is -2.69. The summed E-state index contributed by atoms with van der Waals surface area (Å²) in [5.41, 5.74) is 1.40. The molecule has 1 aromatic heterocycles. The van der Waals surface area contributed by atoms with E-state index in [1.165, 1.54) is 4.88 Å². The third kappa shape index (κ3) is 6.21. The third-order valence-corrected chi connectivity index (χ3v) is 7.96. The second kappa shape index (κ2) is 12.0. The molecule has 0 bridgehead atoms. The summed E-state index contributed by atoms with van der Waals surface area (Å²) in [6.45, 7) is 8.85. The lowest BCUT2D eigenvalue weighted by molar-refractivity contribution is 0.186. The predicted octanol–water partition coefficient (Wildman–Crippen LogP) is 5.31. The molecule has 3 rings (SSSR count). The van der Waals surface area contributed by atoms with Crippen LogP contribution in [0.25, 0.3) is 0 Å². The number of hydrogen-bond donors (Lipinski definition) is 0. The molecule has 0 radical (unpaired) electrons. The number of likely N-dealkylation sites (tertiary alicyclic amines) is 1. The van der Waals surface area contributed by atoms with Gasteiger partial charge in [0.25, 0.3) is 0 Å². The zero-order chi connectivity index (χ0) is 23.7. The van der Waals surface area contributed by atoms with E-state index in [1.807, 2.05) is 24.3 Å². The molecule has 1 aliphatic rings. The largest absolute Gasteiger partial charge is 0.302 e. The van der Waals surface area contributed by atoms with Gasteiger partial charge in [0.1, 0.15) is 0 Å². The quantitative estimate of drug-likeness (QED) is 0.455. The molecule has 0 saturated carbocycles. The molecule has 1 saturated heterocycles. The molecular weight excluding hydrogens is 426 g/mol. The van der Waals surface area contributed by atoms with Gasteiger partial charge >= 0.3 is 0 Å². The molecule has 0 aliphatic carbocycles. The van der Waals surface area contributed by atoms with Gasteiger partial charge in [-0.2, -0.15) is 15.8 Å². The van der Waals surface area contributed by atoms with Crippen molar-refractivity contribution in [2.24, 2.45) is 5.92 Å². The average molecular weight is 460 g/mol. The van der Waals surface area contributed by atoms with E-state index in [9.17, 15) is 10.5 Å². The van der Waals surface area contributed by atoms with Gasteiger partial charge < -0.3 is 4.90 Å². The van der Waals surface area contributed by atoms with E-state index < -0.39 is 5.41 Å². The maximum Gasteiger partial charge on any atom is 0.0991 e. The second-order valence-corrected chi connectivity index (χ2v) is 10.2. The predicted molar refractivity (Wildman–Crippen MR) is 132 cm³/mol. The van der Waals surface area contributed by atoms with Crippen LogP contribution in [0, 0.1) is 39.9 Å². The van der Waals surface area contributed by atoms with Gasteiger partial charge in [0.05, 0.1) is 29.2 Å². The Balaban J connectivity index is 1.58. The van der Waals surface area contributed by atoms with Crippen LogP contribution in [0.3, 0.4) is 0 Å². The zero-order valence-electron chi connectivity index (χ0n) is 19.7. The SMILES string of the molecule is CC(C)C(C#N)(CCCN1CCC(N(CCC#N)Cc2cccc(C#N)c2)C1)c1cccs1. The summed E-state index contributed by atoms with van der Waals surface area (Å²) < 4.78 is 0. The molecule has 2 unspecified atom stereocenters. The van der Waals surface area contributed by atoms with Gasteiger partial charge in [0.2, 0.25) is 0 Å². The lowest BCUT2D eigenvalue weighted by Gasteiger charge is -2.31. The molecule has 172 valence electrons. The summed E-state index contributed by atoms with van der Waals surface area (Å²) in [5, 5.41) is 30.5. The van der Waals surface area contributed by atoms with E-state index in [0.29, 0.717) is 18.0 Å². The summed E-state index contributed by atoms with van der Waals surface area (Å²) >= 11 is 1.69. The molecule has 6 heteroatoms. The topological polar surface area (TPSA) is 77.8 Å². The van der Waals surface area contributed by atoms with Crippen LogP contribution >= 0.6 is 11.3 Å². The maximum atomic E-state index is 10.1. The first kappa shape index (κ1) is 24.9. The first-order valence-electron chi connectivity index (χ1n) is 11.8. The Morgan fingerprint density at radius 3 is 2.73 bits per heavy atom. The number of thiophene rings is 1. The summed E-state index contributed by atoms with van der Waals surface area (Å²) in [4.78, 5) is 6.09. The van der Waals surface area contributed by atoms with E-state index in [0.717, 1.165) is 57.5 Å². The van der Waals surface area contributed by atoms with Crippen molar-refractivity contribution in [3.63, 3.8) is 0 Å². The highest BCUT2D eigenvalue weighted by Crippen LogP contribution is 2.39. The number of hydrogen-bond acceptors (Lipinski definition) is 6. The zero-order valence-corrected chi connectivity index (χ0v) is 20.5. The van der Waals surface area contributed by atoms with E-state index in [4.69, 9.17) is 5.26 Å². The van der Waals surface area contributed by atoms with Gasteiger partial charge in [-0.05, 0) is 67.4 Å². The van der Waals surface area contributed by atoms with Crippen LogP contribution in [0.1, 0.15) is 55.5 Å². The Morgan fingerprint density at radius 1 is 1.21 bits per heavy atom. The van der Waals surface area contributed by atoms with Crippen LogP contribution < -0.4 is 0 Å². The summed E-state index contributed by atoms with van der Waals surface area (Å²) in [7, 11) is 0. The molecule has 0 spiro atoms. The van der Waals surface area contributed by atoms with Gasteiger partial charge in [0, 0.05) is 37.0 Å². The van der Waals surface area contributed by atoms with E-state index in [-0.39, 0.29) is 5.92 Å². The fourth-order valence-electron chi connectivity index (χ4n) is 4.92. The molecule has 1 fully saturated rings. The highest BCUT2D eigenvalue weighted by molar-refractivity contribution is 7.10. The maximum absolute atomic E-state index is 10.1. The van der Waals surface area contributed by atoms with Crippen molar-refractivity contribution in [1.29, 1.82) is 15.8 Å². The molecule has 1 aromatic carbocycles. The lowest BCUT2D eigenvalue weighted by Crippen LogP contribution is -2.38. The minimum absolute atomic E-state index is 0.276. The van der Waals surface area contributed by atoms with Crippen LogP contribution in [0.15, 0.2) is 41.8 Å². The van der Waals surface area contributed by atoms with Crippen molar-refractivity contribution >= 4 is 11.3 Å². The van der Waals surface area contributed by atoms with Crippen molar-refractivity contribution < 1.29 is 0 Å². The first-order chi connectivity index (χ1) is 16.0. The van der Waals surface area contributed by atoms with Crippen LogP contribution in [0.2, 0.25) is 0 Å². The molecule has 0 N–H and O–H groups in total. The van der Waals surface area contributed by atoms with Gasteiger partial charge in [0.15, 0.2) is 0 Å². The van der Waals surface area contributed by atoms with Crippen molar-refractivity contribution in [3.05, 3.63) is 57.8 Å². The fraction of sp³-hybridized carbons (Fsp3) is 0.519. The van der Waals surface area contributed by atoms with Gasteiger partial charge in [-0.15, -0.1) is 11.3 Å². The van der Waals surface area contributed by atoms with Crippen molar-refractivity contribution in [2.75, 3.05) is 26.2 Å². The Kier molecular flexibility index (Phi) is 9.04. The minimum atomic E-state index is -0.405. The number of benzene rings is 1. The average Bonchev–Trinajstić information content (AvgIpc) is 3.52. The van der Waals surface area contributed by atoms with Crippen LogP contribution in [0.4, 0.5) is 0 Å². The molecule has 33 heavy (non-hydrogen) atoms. The fourth-order valence-corrected chi connectivity index (χ4v) is 5.98. The van der Waals surface area contributed by atoms with E-state index >= 15 is 0 Å². The first-order valence-corrected chi connectivity index (χ1v) is 12.7. The van der Waals surface area contributed by atoms with Crippen LogP contribution in [0.5, 0.6) is 0 Å². The van der Waals surface area contributed by atoms with Crippen LogP contribution in [-0.4, -0.2) is 42.0 Å². The number of nitrogens with zero attached hydrogens (tertiary/aromatic N) is 5. The minimum Gasteiger partial charge on any atom is -0.302 e. The van der Waals surface area contributed by atoms with Crippen molar-refractivity contribution in [3.8, 4) is 18.2 Å². The second-order valence-electron chi connectivity index (χ2n) is 9.25. The highest BCUT2D eigenvalue weighted by atomic mass is 32.1. The molecule has 5 nitrogen and oxygen atoms in total. The molecule has 0 amide bonds. The van der Waals surface area contributed by atoms with Gasteiger partial charge in [-0.25, -0.2) is 0 Å². The van der Waals surface area contributed by atoms with Gasteiger partial charge in [-0.1, -0.05) is 32.0 Å². The van der Waals surface area contributed by atoms with Crippen LogP contribution in [-0.2, 0) is 12.0 Å². The normalized spacial score (nSPS) is 18.0. The summed E-state index contributed by atoms with van der Waals surface area (Å²) in [5.74, 6) is 0.276. The number of rotatable bonds is 11. The third-order valence-electron chi connectivity index (χ3n) is 6.91. The monoisotopic (exact) mass is 459 g/mol.